The van der Waals surface area contributed by atoms with Crippen LogP contribution in [0, 0.1) is 0 Å². The summed E-state index contributed by atoms with van der Waals surface area (Å²) in [6.07, 6.45) is 6.69. The van der Waals surface area contributed by atoms with Crippen LogP contribution in [-0.2, 0) is 21.3 Å². The van der Waals surface area contributed by atoms with E-state index in [0.717, 1.165) is 19.4 Å². The zero-order valence-corrected chi connectivity index (χ0v) is 13.1. The van der Waals surface area contributed by atoms with Crippen LogP contribution in [0.5, 0.6) is 0 Å². The first-order valence-electron chi connectivity index (χ1n) is 6.84. The largest absolute Gasteiger partial charge is 0.376 e. The summed E-state index contributed by atoms with van der Waals surface area (Å²) in [7, 11) is -3.51. The van der Waals surface area contributed by atoms with E-state index in [1.54, 1.807) is 28.4 Å². The molecule has 2 aromatic rings. The molecular formula is C13H17N3O3S2. The number of sulfonamides is 1. The maximum absolute atomic E-state index is 12.1. The molecule has 6 nitrogen and oxygen atoms in total. The van der Waals surface area contributed by atoms with Crippen molar-refractivity contribution in [1.82, 2.24) is 9.78 Å². The topological polar surface area (TPSA) is 73.2 Å². The van der Waals surface area contributed by atoms with Gasteiger partial charge in [-0.25, -0.2) is 8.42 Å². The molecule has 1 unspecified atom stereocenters. The second-order valence-corrected chi connectivity index (χ2v) is 7.83. The Morgan fingerprint density at radius 3 is 3.10 bits per heavy atom. The van der Waals surface area contributed by atoms with Crippen LogP contribution in [0.3, 0.4) is 0 Å². The van der Waals surface area contributed by atoms with E-state index in [2.05, 4.69) is 9.82 Å². The lowest BCUT2D eigenvalue weighted by Gasteiger charge is -2.22. The lowest BCUT2D eigenvalue weighted by Crippen LogP contribution is -2.24. The van der Waals surface area contributed by atoms with Gasteiger partial charge >= 0.3 is 0 Å². The minimum atomic E-state index is -3.51. The maximum Gasteiger partial charge on any atom is 0.271 e. The summed E-state index contributed by atoms with van der Waals surface area (Å²) >= 11 is 1.19. The number of hydrogen-bond acceptors (Lipinski definition) is 5. The molecule has 8 heteroatoms. The number of nitrogens with one attached hydrogen (secondary N) is 1. The molecule has 114 valence electrons. The Labute approximate surface area is 127 Å². The quantitative estimate of drug-likeness (QED) is 0.914. The van der Waals surface area contributed by atoms with E-state index in [-0.39, 0.29) is 6.10 Å². The van der Waals surface area contributed by atoms with E-state index < -0.39 is 10.0 Å². The van der Waals surface area contributed by atoms with E-state index in [9.17, 15) is 8.42 Å². The number of rotatable bonds is 5. The van der Waals surface area contributed by atoms with Gasteiger partial charge in [-0.05, 0) is 30.7 Å². The van der Waals surface area contributed by atoms with Crippen LogP contribution >= 0.6 is 11.3 Å². The van der Waals surface area contributed by atoms with E-state index >= 15 is 0 Å². The summed E-state index contributed by atoms with van der Waals surface area (Å²) in [5, 5.41) is 5.92. The highest BCUT2D eigenvalue weighted by atomic mass is 32.2. The summed E-state index contributed by atoms with van der Waals surface area (Å²) in [6.45, 7) is 1.45. The molecule has 0 bridgehead atoms. The van der Waals surface area contributed by atoms with E-state index in [0.29, 0.717) is 16.4 Å². The van der Waals surface area contributed by atoms with Gasteiger partial charge in [0, 0.05) is 12.8 Å². The molecule has 1 fully saturated rings. The zero-order valence-electron chi connectivity index (χ0n) is 11.4. The van der Waals surface area contributed by atoms with Crippen LogP contribution < -0.4 is 4.72 Å². The molecular weight excluding hydrogens is 310 g/mol. The minimum absolute atomic E-state index is 0.167. The van der Waals surface area contributed by atoms with Crippen LogP contribution in [0.4, 0.5) is 5.69 Å². The Morgan fingerprint density at radius 2 is 2.38 bits per heavy atom. The number of thiophene rings is 1. The lowest BCUT2D eigenvalue weighted by molar-refractivity contribution is 0.00401. The first kappa shape index (κ1) is 14.6. The molecule has 0 spiro atoms. The third-order valence-electron chi connectivity index (χ3n) is 3.31. The van der Waals surface area contributed by atoms with Gasteiger partial charge in [0.15, 0.2) is 0 Å². The van der Waals surface area contributed by atoms with Gasteiger partial charge in [0.25, 0.3) is 10.0 Å². The van der Waals surface area contributed by atoms with Gasteiger partial charge in [0.1, 0.15) is 4.21 Å². The van der Waals surface area contributed by atoms with Crippen molar-refractivity contribution in [2.45, 2.75) is 36.1 Å². The SMILES string of the molecule is O=S(=O)(Nc1cnn(CC2CCCCO2)c1)c1cccs1. The molecule has 21 heavy (non-hydrogen) atoms. The smallest absolute Gasteiger partial charge is 0.271 e. The van der Waals surface area contributed by atoms with Gasteiger partial charge in [-0.2, -0.15) is 5.10 Å². The molecule has 1 saturated heterocycles. The average molecular weight is 327 g/mol. The molecule has 1 aliphatic rings. The number of ether oxygens (including phenoxy) is 1. The molecule has 2 aromatic heterocycles. The van der Waals surface area contributed by atoms with Crippen LogP contribution in [0.15, 0.2) is 34.1 Å². The van der Waals surface area contributed by atoms with Crippen molar-refractivity contribution in [2.24, 2.45) is 0 Å². The monoisotopic (exact) mass is 327 g/mol. The molecule has 0 radical (unpaired) electrons. The van der Waals surface area contributed by atoms with E-state index in [4.69, 9.17) is 4.74 Å². The molecule has 1 N–H and O–H groups in total. The normalized spacial score (nSPS) is 19.5. The Kier molecular flexibility index (Phi) is 4.27. The minimum Gasteiger partial charge on any atom is -0.376 e. The fourth-order valence-electron chi connectivity index (χ4n) is 2.30. The second kappa shape index (κ2) is 6.17. The van der Waals surface area contributed by atoms with Crippen molar-refractivity contribution in [1.29, 1.82) is 0 Å². The maximum atomic E-state index is 12.1. The Morgan fingerprint density at radius 1 is 1.48 bits per heavy atom. The van der Waals surface area contributed by atoms with Crippen LogP contribution in [-0.4, -0.2) is 30.9 Å². The molecule has 0 aliphatic carbocycles. The Bertz CT molecular complexity index is 673. The first-order valence-corrected chi connectivity index (χ1v) is 9.20. The first-order chi connectivity index (χ1) is 10.1. The van der Waals surface area contributed by atoms with Crippen LogP contribution in [0.25, 0.3) is 0 Å². The van der Waals surface area contributed by atoms with Crippen molar-refractivity contribution in [3.05, 3.63) is 29.9 Å². The van der Waals surface area contributed by atoms with Crippen molar-refractivity contribution in [3.8, 4) is 0 Å². The second-order valence-electron chi connectivity index (χ2n) is 4.98. The third kappa shape index (κ3) is 3.63. The van der Waals surface area contributed by atoms with E-state index in [1.807, 2.05) is 0 Å². The highest BCUT2D eigenvalue weighted by Gasteiger charge is 2.18. The molecule has 0 amide bonds. The van der Waals surface area contributed by atoms with Crippen molar-refractivity contribution in [3.63, 3.8) is 0 Å². The molecule has 1 atom stereocenters. The van der Waals surface area contributed by atoms with Gasteiger partial charge in [-0.1, -0.05) is 6.07 Å². The van der Waals surface area contributed by atoms with E-state index in [1.165, 1.54) is 24.0 Å². The molecule has 3 rings (SSSR count). The number of aromatic nitrogens is 2. The highest BCUT2D eigenvalue weighted by molar-refractivity contribution is 7.94. The summed E-state index contributed by atoms with van der Waals surface area (Å²) in [5.41, 5.74) is 0.471. The standard InChI is InChI=1S/C13H17N3O3S2/c17-21(18,13-5-3-7-20-13)15-11-8-14-16(9-11)10-12-4-1-2-6-19-12/h3,5,7-9,12,15H,1-2,4,6,10H2. The highest BCUT2D eigenvalue weighted by Crippen LogP contribution is 2.20. The third-order valence-corrected chi connectivity index (χ3v) is 6.09. The number of nitrogens with zero attached hydrogens (tertiary/aromatic N) is 2. The van der Waals surface area contributed by atoms with Crippen LogP contribution in [0.1, 0.15) is 19.3 Å². The Balaban J connectivity index is 1.65. The van der Waals surface area contributed by atoms with Gasteiger partial charge in [0.2, 0.25) is 0 Å². The Hall–Kier alpha value is -1.38. The predicted molar refractivity (Wildman–Crippen MR) is 80.9 cm³/mol. The predicted octanol–water partition coefficient (Wildman–Crippen LogP) is 2.31. The zero-order chi connectivity index (χ0) is 14.7. The fraction of sp³-hybridized carbons (Fsp3) is 0.462. The van der Waals surface area contributed by atoms with Crippen LogP contribution in [0.2, 0.25) is 0 Å². The van der Waals surface area contributed by atoms with Gasteiger partial charge in [0.05, 0.1) is 24.5 Å². The van der Waals surface area contributed by atoms with Crippen molar-refractivity contribution < 1.29 is 13.2 Å². The lowest BCUT2D eigenvalue weighted by atomic mass is 10.1. The number of hydrogen-bond donors (Lipinski definition) is 1. The average Bonchev–Trinajstić information content (AvgIpc) is 3.11. The van der Waals surface area contributed by atoms with Gasteiger partial charge in [-0.15, -0.1) is 11.3 Å². The van der Waals surface area contributed by atoms with Crippen molar-refractivity contribution >= 4 is 27.0 Å². The summed E-state index contributed by atoms with van der Waals surface area (Å²) in [4.78, 5) is 0. The summed E-state index contributed by atoms with van der Waals surface area (Å²) < 4.78 is 34.4. The molecule has 0 saturated carbocycles. The molecule has 1 aliphatic heterocycles. The molecule has 0 aromatic carbocycles. The summed E-state index contributed by atoms with van der Waals surface area (Å²) in [5.74, 6) is 0. The summed E-state index contributed by atoms with van der Waals surface area (Å²) in [6, 6.07) is 3.29. The van der Waals surface area contributed by atoms with Gasteiger partial charge in [-0.3, -0.25) is 9.40 Å². The number of anilines is 1. The van der Waals surface area contributed by atoms with Gasteiger partial charge < -0.3 is 4.74 Å². The molecule has 3 heterocycles. The van der Waals surface area contributed by atoms with Crippen molar-refractivity contribution in [2.75, 3.05) is 11.3 Å². The fourth-order valence-corrected chi connectivity index (χ4v) is 4.32.